The van der Waals surface area contributed by atoms with Crippen LogP contribution in [0, 0.1) is 10.8 Å². The lowest BCUT2D eigenvalue weighted by Crippen LogP contribution is -2.53. The van der Waals surface area contributed by atoms with Crippen LogP contribution in [-0.2, 0) is 0 Å². The van der Waals surface area contributed by atoms with E-state index in [0.717, 1.165) is 6.04 Å². The predicted octanol–water partition coefficient (Wildman–Crippen LogP) is 3.67. The van der Waals surface area contributed by atoms with Gasteiger partial charge in [0.25, 0.3) is 0 Å². The molecule has 0 amide bonds. The zero-order valence-electron chi connectivity index (χ0n) is 13.8. The van der Waals surface area contributed by atoms with Gasteiger partial charge in [0, 0.05) is 18.6 Å². The molecule has 0 spiro atoms. The molecule has 1 aliphatic carbocycles. The van der Waals surface area contributed by atoms with Crippen molar-refractivity contribution in [3.8, 4) is 0 Å². The summed E-state index contributed by atoms with van der Waals surface area (Å²) >= 11 is 0. The summed E-state index contributed by atoms with van der Waals surface area (Å²) in [6.45, 7) is 12.3. The molecule has 1 saturated heterocycles. The summed E-state index contributed by atoms with van der Waals surface area (Å²) in [5, 5.41) is 3.59. The van der Waals surface area contributed by atoms with Gasteiger partial charge in [0.15, 0.2) is 0 Å². The lowest BCUT2D eigenvalue weighted by Gasteiger charge is -2.45. The highest BCUT2D eigenvalue weighted by molar-refractivity contribution is 4.98. The summed E-state index contributed by atoms with van der Waals surface area (Å²) in [5.74, 6) is 0. The summed E-state index contributed by atoms with van der Waals surface area (Å²) in [4.78, 5) is 2.81. The zero-order valence-corrected chi connectivity index (χ0v) is 13.8. The number of likely N-dealkylation sites (tertiary alicyclic amines) is 1. The quantitative estimate of drug-likeness (QED) is 0.835. The molecule has 1 aliphatic heterocycles. The third kappa shape index (κ3) is 3.16. The molecule has 0 aromatic carbocycles. The van der Waals surface area contributed by atoms with Crippen LogP contribution in [0.15, 0.2) is 0 Å². The summed E-state index contributed by atoms with van der Waals surface area (Å²) in [5.41, 5.74) is 1.14. The van der Waals surface area contributed by atoms with Gasteiger partial charge < -0.3 is 5.32 Å². The summed E-state index contributed by atoms with van der Waals surface area (Å²) in [6.07, 6.45) is 8.18. The molecule has 2 rings (SSSR count). The number of likely N-dealkylation sites (N-methyl/N-ethyl adjacent to an activating group) is 1. The van der Waals surface area contributed by atoms with Crippen LogP contribution in [0.3, 0.4) is 0 Å². The Morgan fingerprint density at radius 3 is 2.37 bits per heavy atom. The highest BCUT2D eigenvalue weighted by Gasteiger charge is 2.43. The Morgan fingerprint density at radius 2 is 1.84 bits per heavy atom. The van der Waals surface area contributed by atoms with Crippen LogP contribution in [0.2, 0.25) is 0 Å². The maximum absolute atomic E-state index is 3.59. The van der Waals surface area contributed by atoms with Crippen LogP contribution < -0.4 is 5.32 Å². The number of rotatable bonds is 4. The SMILES string of the molecule is CCC1(CC)CCN(C2CC(C)(C)CCC2NC)C1. The van der Waals surface area contributed by atoms with E-state index >= 15 is 0 Å². The Bertz CT molecular complexity index is 294. The fraction of sp³-hybridized carbons (Fsp3) is 1.00. The van der Waals surface area contributed by atoms with E-state index in [9.17, 15) is 0 Å². The molecule has 19 heavy (non-hydrogen) atoms. The molecule has 2 heteroatoms. The third-order valence-corrected chi connectivity index (χ3v) is 6.17. The largest absolute Gasteiger partial charge is 0.315 e. The van der Waals surface area contributed by atoms with Crippen molar-refractivity contribution in [2.45, 2.75) is 78.3 Å². The second-order valence-electron chi connectivity index (χ2n) is 7.80. The Labute approximate surface area is 120 Å². The molecular formula is C17H34N2. The highest BCUT2D eigenvalue weighted by atomic mass is 15.2. The highest BCUT2D eigenvalue weighted by Crippen LogP contribution is 2.43. The van der Waals surface area contributed by atoms with E-state index in [4.69, 9.17) is 0 Å². The smallest absolute Gasteiger partial charge is 0.0254 e. The van der Waals surface area contributed by atoms with E-state index in [1.165, 1.54) is 51.6 Å². The van der Waals surface area contributed by atoms with E-state index in [2.05, 4.69) is 45.0 Å². The first kappa shape index (κ1) is 15.3. The molecule has 0 aromatic rings. The van der Waals surface area contributed by atoms with Crippen LogP contribution in [-0.4, -0.2) is 37.1 Å². The summed E-state index contributed by atoms with van der Waals surface area (Å²) < 4.78 is 0. The van der Waals surface area contributed by atoms with Crippen molar-refractivity contribution in [1.29, 1.82) is 0 Å². The molecule has 2 unspecified atom stereocenters. The van der Waals surface area contributed by atoms with Crippen molar-refractivity contribution < 1.29 is 0 Å². The van der Waals surface area contributed by atoms with Gasteiger partial charge in [-0.25, -0.2) is 0 Å². The lowest BCUT2D eigenvalue weighted by atomic mass is 9.72. The lowest BCUT2D eigenvalue weighted by molar-refractivity contribution is 0.0736. The Morgan fingerprint density at radius 1 is 1.16 bits per heavy atom. The van der Waals surface area contributed by atoms with E-state index < -0.39 is 0 Å². The van der Waals surface area contributed by atoms with Crippen molar-refractivity contribution in [2.24, 2.45) is 10.8 Å². The van der Waals surface area contributed by atoms with E-state index in [-0.39, 0.29) is 0 Å². The fourth-order valence-electron chi connectivity index (χ4n) is 4.35. The Hall–Kier alpha value is -0.0800. The molecule has 0 bridgehead atoms. The first-order valence-electron chi connectivity index (χ1n) is 8.36. The van der Waals surface area contributed by atoms with Crippen molar-refractivity contribution in [3.05, 3.63) is 0 Å². The maximum Gasteiger partial charge on any atom is 0.0254 e. The predicted molar refractivity (Wildman–Crippen MR) is 83.5 cm³/mol. The van der Waals surface area contributed by atoms with Crippen molar-refractivity contribution in [3.63, 3.8) is 0 Å². The van der Waals surface area contributed by atoms with E-state index in [0.29, 0.717) is 16.9 Å². The van der Waals surface area contributed by atoms with Gasteiger partial charge in [0.05, 0.1) is 0 Å². The topological polar surface area (TPSA) is 15.3 Å². The molecule has 2 atom stereocenters. The Kier molecular flexibility index (Phi) is 4.62. The summed E-state index contributed by atoms with van der Waals surface area (Å²) in [6, 6.07) is 1.46. The molecule has 1 heterocycles. The maximum atomic E-state index is 3.59. The molecule has 0 aromatic heterocycles. The molecular weight excluding hydrogens is 232 g/mol. The number of hydrogen-bond acceptors (Lipinski definition) is 2. The zero-order chi connectivity index (χ0) is 14.1. The standard InChI is InChI=1S/C17H34N2/c1-6-17(7-2)10-11-19(13-17)15-12-16(3,4)9-8-14(15)18-5/h14-15,18H,6-13H2,1-5H3. The van der Waals surface area contributed by atoms with Gasteiger partial charge in [-0.15, -0.1) is 0 Å². The number of hydrogen-bond donors (Lipinski definition) is 1. The first-order valence-corrected chi connectivity index (χ1v) is 8.36. The molecule has 2 aliphatic rings. The van der Waals surface area contributed by atoms with Crippen molar-refractivity contribution in [2.75, 3.05) is 20.1 Å². The molecule has 1 saturated carbocycles. The first-order chi connectivity index (χ1) is 8.95. The van der Waals surface area contributed by atoms with Gasteiger partial charge in [-0.1, -0.05) is 27.7 Å². The average molecular weight is 266 g/mol. The van der Waals surface area contributed by atoms with Crippen LogP contribution in [0.25, 0.3) is 0 Å². The monoisotopic (exact) mass is 266 g/mol. The second kappa shape index (κ2) is 5.73. The van der Waals surface area contributed by atoms with Gasteiger partial charge >= 0.3 is 0 Å². The minimum absolute atomic E-state index is 0.529. The normalized spacial score (nSPS) is 34.6. The molecule has 2 fully saturated rings. The van der Waals surface area contributed by atoms with Gasteiger partial charge in [0.2, 0.25) is 0 Å². The average Bonchev–Trinajstić information content (AvgIpc) is 2.83. The molecule has 0 radical (unpaired) electrons. The fourth-order valence-corrected chi connectivity index (χ4v) is 4.35. The van der Waals surface area contributed by atoms with Gasteiger partial charge in [-0.05, 0) is 62.9 Å². The van der Waals surface area contributed by atoms with Gasteiger partial charge in [-0.3, -0.25) is 4.90 Å². The van der Waals surface area contributed by atoms with E-state index in [1.54, 1.807) is 0 Å². The van der Waals surface area contributed by atoms with Crippen LogP contribution in [0.4, 0.5) is 0 Å². The third-order valence-electron chi connectivity index (χ3n) is 6.17. The number of nitrogens with one attached hydrogen (secondary N) is 1. The second-order valence-corrected chi connectivity index (χ2v) is 7.80. The summed E-state index contributed by atoms with van der Waals surface area (Å²) in [7, 11) is 2.15. The minimum atomic E-state index is 0.529. The van der Waals surface area contributed by atoms with Crippen molar-refractivity contribution >= 4 is 0 Å². The van der Waals surface area contributed by atoms with E-state index in [1.807, 2.05) is 0 Å². The van der Waals surface area contributed by atoms with Gasteiger partial charge in [0.1, 0.15) is 0 Å². The molecule has 2 nitrogen and oxygen atoms in total. The van der Waals surface area contributed by atoms with Crippen LogP contribution in [0.1, 0.15) is 66.2 Å². The molecule has 1 N–H and O–H groups in total. The molecule has 112 valence electrons. The van der Waals surface area contributed by atoms with Crippen LogP contribution >= 0.6 is 0 Å². The Balaban J connectivity index is 2.07. The van der Waals surface area contributed by atoms with Gasteiger partial charge in [-0.2, -0.15) is 0 Å². The van der Waals surface area contributed by atoms with Crippen LogP contribution in [0.5, 0.6) is 0 Å². The number of nitrogens with zero attached hydrogens (tertiary/aromatic N) is 1. The van der Waals surface area contributed by atoms with Crippen molar-refractivity contribution in [1.82, 2.24) is 10.2 Å². The minimum Gasteiger partial charge on any atom is -0.315 e.